The van der Waals surface area contributed by atoms with Gasteiger partial charge in [0.25, 0.3) is 0 Å². The highest BCUT2D eigenvalue weighted by Gasteiger charge is 2.19. The van der Waals surface area contributed by atoms with Gasteiger partial charge in [-0.2, -0.15) is 0 Å². The maximum Gasteiger partial charge on any atom is 0.162 e. The molecule has 1 nitrogen and oxygen atoms in total. The van der Waals surface area contributed by atoms with Gasteiger partial charge in [0.2, 0.25) is 0 Å². The fourth-order valence-corrected chi connectivity index (χ4v) is 1.75. The molecule has 0 unspecified atom stereocenters. The molecule has 0 heterocycles. The van der Waals surface area contributed by atoms with E-state index in [1.54, 1.807) is 0 Å². The summed E-state index contributed by atoms with van der Waals surface area (Å²) in [5.74, 6) is 0.330. The Morgan fingerprint density at radius 2 is 2.17 bits per heavy atom. The van der Waals surface area contributed by atoms with Gasteiger partial charge in [0, 0.05) is 12.0 Å². The van der Waals surface area contributed by atoms with Crippen LogP contribution < -0.4 is 0 Å². The van der Waals surface area contributed by atoms with Crippen molar-refractivity contribution < 1.29 is 4.79 Å². The average Bonchev–Trinajstić information content (AvgIpc) is 2.30. The van der Waals surface area contributed by atoms with E-state index in [4.69, 9.17) is 0 Å². The van der Waals surface area contributed by atoms with Crippen molar-refractivity contribution in [2.45, 2.75) is 25.7 Å². The molecule has 0 aliphatic heterocycles. The van der Waals surface area contributed by atoms with Crippen molar-refractivity contribution in [3.05, 3.63) is 35.5 Å². The second-order valence-electron chi connectivity index (χ2n) is 3.25. The largest absolute Gasteiger partial charge is 0.294 e. The molecule has 0 radical (unpaired) electrons. The van der Waals surface area contributed by atoms with Crippen molar-refractivity contribution in [2.24, 2.45) is 0 Å². The van der Waals surface area contributed by atoms with Crippen LogP contribution in [0.15, 0.2) is 35.5 Å². The minimum absolute atomic E-state index is 0.330. The molecule has 1 heteroatoms. The maximum absolute atomic E-state index is 11.4. The third kappa shape index (κ3) is 1.27. The van der Waals surface area contributed by atoms with Gasteiger partial charge >= 0.3 is 0 Å². The van der Waals surface area contributed by atoms with Crippen molar-refractivity contribution in [3.63, 3.8) is 0 Å². The van der Waals surface area contributed by atoms with Gasteiger partial charge in [0.1, 0.15) is 0 Å². The lowest BCUT2D eigenvalue weighted by Crippen LogP contribution is -2.10. The molecule has 2 aliphatic rings. The molecular weight excluding hydrogens is 148 g/mol. The van der Waals surface area contributed by atoms with E-state index < -0.39 is 0 Å². The second kappa shape index (κ2) is 3.10. The first kappa shape index (κ1) is 7.53. The van der Waals surface area contributed by atoms with E-state index in [0.29, 0.717) is 5.78 Å². The molecular formula is C11H12O. The number of carbonyl (C=O) groups is 1. The Balaban J connectivity index is 2.36. The number of hydrogen-bond donors (Lipinski definition) is 0. The molecule has 1 fully saturated rings. The number of hydrogen-bond acceptors (Lipinski definition) is 1. The third-order valence-corrected chi connectivity index (χ3v) is 2.39. The van der Waals surface area contributed by atoms with Crippen LogP contribution in [0, 0.1) is 0 Å². The summed E-state index contributed by atoms with van der Waals surface area (Å²) >= 11 is 0. The Kier molecular flexibility index (Phi) is 1.94. The van der Waals surface area contributed by atoms with Gasteiger partial charge < -0.3 is 0 Å². The first-order valence-electron chi connectivity index (χ1n) is 4.47. The molecule has 0 atom stereocenters. The fraction of sp³-hybridized carbons (Fsp3) is 0.364. The van der Waals surface area contributed by atoms with E-state index in [1.165, 1.54) is 5.57 Å². The lowest BCUT2D eigenvalue weighted by Gasteiger charge is -2.15. The zero-order chi connectivity index (χ0) is 8.39. The molecule has 0 N–H and O–H groups in total. The van der Waals surface area contributed by atoms with Gasteiger partial charge in [0.15, 0.2) is 5.78 Å². The second-order valence-corrected chi connectivity index (χ2v) is 3.25. The van der Waals surface area contributed by atoms with Crippen LogP contribution in [-0.2, 0) is 4.79 Å². The monoisotopic (exact) mass is 160 g/mol. The minimum atomic E-state index is 0.330. The summed E-state index contributed by atoms with van der Waals surface area (Å²) in [7, 11) is 0. The van der Waals surface area contributed by atoms with Crippen molar-refractivity contribution in [1.82, 2.24) is 0 Å². The lowest BCUT2D eigenvalue weighted by atomic mass is 9.88. The van der Waals surface area contributed by atoms with Crippen LogP contribution in [0.5, 0.6) is 0 Å². The third-order valence-electron chi connectivity index (χ3n) is 2.39. The summed E-state index contributed by atoms with van der Waals surface area (Å²) in [5.41, 5.74) is 2.21. The van der Waals surface area contributed by atoms with Crippen LogP contribution in [0.25, 0.3) is 0 Å². The number of ketones is 1. The topological polar surface area (TPSA) is 17.1 Å². The standard InChI is InChI=1S/C11H12O/c12-11-8-4-6-9-5-2-1-3-7-10(9)11/h1-2,5,7H,3-4,6,8H2. The highest BCUT2D eigenvalue weighted by molar-refractivity contribution is 6.00. The van der Waals surface area contributed by atoms with E-state index in [9.17, 15) is 4.79 Å². The number of fused-ring (bicyclic) bond motifs is 1. The quantitative estimate of drug-likeness (QED) is 0.532. The maximum atomic E-state index is 11.4. The Morgan fingerprint density at radius 3 is 3.08 bits per heavy atom. The lowest BCUT2D eigenvalue weighted by molar-refractivity contribution is -0.115. The van der Waals surface area contributed by atoms with E-state index in [2.05, 4.69) is 24.3 Å². The minimum Gasteiger partial charge on any atom is -0.294 e. The molecule has 62 valence electrons. The van der Waals surface area contributed by atoms with E-state index in [1.807, 2.05) is 0 Å². The van der Waals surface area contributed by atoms with Gasteiger partial charge in [-0.25, -0.2) is 0 Å². The van der Waals surface area contributed by atoms with Crippen LogP contribution in [0.4, 0.5) is 0 Å². The summed E-state index contributed by atoms with van der Waals surface area (Å²) in [6, 6.07) is 0. The molecule has 0 spiro atoms. The summed E-state index contributed by atoms with van der Waals surface area (Å²) in [5, 5.41) is 0. The molecule has 0 bridgehead atoms. The highest BCUT2D eigenvalue weighted by Crippen LogP contribution is 2.27. The molecule has 0 aromatic rings. The molecule has 1 saturated carbocycles. The molecule has 12 heavy (non-hydrogen) atoms. The van der Waals surface area contributed by atoms with Crippen molar-refractivity contribution in [3.8, 4) is 0 Å². The van der Waals surface area contributed by atoms with Gasteiger partial charge in [0.05, 0.1) is 0 Å². The van der Waals surface area contributed by atoms with Crippen LogP contribution in [0.1, 0.15) is 25.7 Å². The zero-order valence-corrected chi connectivity index (χ0v) is 7.05. The Hall–Kier alpha value is -1.11. The first-order chi connectivity index (χ1) is 5.88. The number of carbonyl (C=O) groups excluding carboxylic acids is 1. The molecule has 0 amide bonds. The fourth-order valence-electron chi connectivity index (χ4n) is 1.75. The number of Topliss-reactive ketones (excluding diaryl/α,β-unsaturated/α-hetero) is 1. The molecule has 0 aromatic carbocycles. The number of rotatable bonds is 0. The summed E-state index contributed by atoms with van der Waals surface area (Å²) in [4.78, 5) is 11.4. The van der Waals surface area contributed by atoms with Crippen LogP contribution in [0.2, 0.25) is 0 Å². The van der Waals surface area contributed by atoms with Gasteiger partial charge in [-0.3, -0.25) is 4.79 Å². The predicted octanol–water partition coefficient (Wildman–Crippen LogP) is 2.55. The van der Waals surface area contributed by atoms with Crippen molar-refractivity contribution in [2.75, 3.05) is 0 Å². The van der Waals surface area contributed by atoms with Gasteiger partial charge in [-0.05, 0) is 24.8 Å². The highest BCUT2D eigenvalue weighted by atomic mass is 16.1. The van der Waals surface area contributed by atoms with E-state index >= 15 is 0 Å². The van der Waals surface area contributed by atoms with Crippen molar-refractivity contribution in [1.29, 1.82) is 0 Å². The zero-order valence-electron chi connectivity index (χ0n) is 7.05. The van der Waals surface area contributed by atoms with Gasteiger partial charge in [-0.15, -0.1) is 0 Å². The predicted molar refractivity (Wildman–Crippen MR) is 48.8 cm³/mol. The van der Waals surface area contributed by atoms with Crippen LogP contribution in [-0.4, -0.2) is 5.78 Å². The average molecular weight is 160 g/mol. The van der Waals surface area contributed by atoms with Crippen LogP contribution >= 0.6 is 0 Å². The first-order valence-corrected chi connectivity index (χ1v) is 4.47. The molecule has 0 aromatic heterocycles. The van der Waals surface area contributed by atoms with Crippen LogP contribution in [0.3, 0.4) is 0 Å². The Morgan fingerprint density at radius 1 is 1.25 bits per heavy atom. The van der Waals surface area contributed by atoms with E-state index in [0.717, 1.165) is 31.3 Å². The van der Waals surface area contributed by atoms with Gasteiger partial charge in [-0.1, -0.05) is 24.3 Å². The smallest absolute Gasteiger partial charge is 0.162 e. The normalized spacial score (nSPS) is 22.5. The Bertz CT molecular complexity index is 292. The molecule has 2 aliphatic carbocycles. The van der Waals surface area contributed by atoms with E-state index in [-0.39, 0.29) is 0 Å². The molecule has 2 rings (SSSR count). The Labute approximate surface area is 72.5 Å². The summed E-state index contributed by atoms with van der Waals surface area (Å²) in [6.45, 7) is 0. The summed E-state index contributed by atoms with van der Waals surface area (Å²) in [6.07, 6.45) is 12.0. The molecule has 0 saturated heterocycles. The summed E-state index contributed by atoms with van der Waals surface area (Å²) < 4.78 is 0. The number of allylic oxidation sites excluding steroid dienone is 6. The van der Waals surface area contributed by atoms with Crippen molar-refractivity contribution >= 4 is 5.78 Å². The SMILES string of the molecule is O=C1CCCC2=CC=CCC=C12.